The van der Waals surface area contributed by atoms with Crippen LogP contribution < -0.4 is 5.32 Å². The predicted octanol–water partition coefficient (Wildman–Crippen LogP) is 1.49. The Morgan fingerprint density at radius 2 is 1.71 bits per heavy atom. The second-order valence-electron chi connectivity index (χ2n) is 5.95. The van der Waals surface area contributed by atoms with Gasteiger partial charge in [0, 0.05) is 26.7 Å². The third kappa shape index (κ3) is 6.29. The van der Waals surface area contributed by atoms with Gasteiger partial charge in [0.1, 0.15) is 24.4 Å². The van der Waals surface area contributed by atoms with Crippen LogP contribution in [0, 0.1) is 0 Å². The van der Waals surface area contributed by atoms with E-state index in [1.807, 2.05) is 34.6 Å². The van der Waals surface area contributed by atoms with Gasteiger partial charge in [0.2, 0.25) is 5.91 Å². The predicted molar refractivity (Wildman–Crippen MR) is 89.8 cm³/mol. The van der Waals surface area contributed by atoms with E-state index in [1.54, 1.807) is 0 Å². The highest BCUT2D eigenvalue weighted by Gasteiger charge is 2.48. The van der Waals surface area contributed by atoms with Crippen LogP contribution in [0.25, 0.3) is 0 Å². The fourth-order valence-corrected chi connectivity index (χ4v) is 2.83. The molecule has 1 rings (SSSR count). The summed E-state index contributed by atoms with van der Waals surface area (Å²) in [4.78, 5) is 11.7. The topological polar surface area (TPSA) is 75.2 Å². The maximum atomic E-state index is 11.7. The van der Waals surface area contributed by atoms with E-state index in [0.717, 1.165) is 0 Å². The van der Waals surface area contributed by atoms with E-state index < -0.39 is 12.3 Å². The number of rotatable bonds is 10. The molecule has 1 aliphatic rings. The molecule has 0 radical (unpaired) electrons. The number of carbonyl (C=O) groups is 1. The fourth-order valence-electron chi connectivity index (χ4n) is 2.83. The molecule has 5 atom stereocenters. The van der Waals surface area contributed by atoms with Crippen LogP contribution in [0.3, 0.4) is 0 Å². The van der Waals surface area contributed by atoms with E-state index in [1.165, 1.54) is 6.92 Å². The van der Waals surface area contributed by atoms with Gasteiger partial charge in [0.25, 0.3) is 0 Å². The molecule has 0 aromatic rings. The van der Waals surface area contributed by atoms with Crippen molar-refractivity contribution in [2.24, 2.45) is 0 Å². The van der Waals surface area contributed by atoms with Crippen LogP contribution in [0.2, 0.25) is 0 Å². The molecule has 24 heavy (non-hydrogen) atoms. The molecule has 1 amide bonds. The molecule has 1 N–H and O–H groups in total. The molecule has 1 heterocycles. The Balaban J connectivity index is 3.07. The Morgan fingerprint density at radius 1 is 1.08 bits per heavy atom. The molecule has 0 aliphatic carbocycles. The lowest BCUT2D eigenvalue weighted by molar-refractivity contribution is -0.292. The van der Waals surface area contributed by atoms with E-state index >= 15 is 0 Å². The minimum absolute atomic E-state index is 0.0510. The maximum Gasteiger partial charge on any atom is 0.217 e. The van der Waals surface area contributed by atoms with Crippen molar-refractivity contribution in [1.82, 2.24) is 5.32 Å². The van der Waals surface area contributed by atoms with Gasteiger partial charge in [-0.25, -0.2) is 0 Å². The second-order valence-corrected chi connectivity index (χ2v) is 5.95. The smallest absolute Gasteiger partial charge is 0.217 e. The molecular formula is C17H33NO6. The van der Waals surface area contributed by atoms with Crippen molar-refractivity contribution in [1.29, 1.82) is 0 Å². The van der Waals surface area contributed by atoms with Crippen LogP contribution in [0.5, 0.6) is 0 Å². The molecule has 2 unspecified atom stereocenters. The lowest BCUT2D eigenvalue weighted by Gasteiger charge is -2.46. The lowest BCUT2D eigenvalue weighted by Crippen LogP contribution is -2.66. The number of carbonyl (C=O) groups excluding carboxylic acids is 1. The number of ether oxygens (including phenoxy) is 5. The summed E-state index contributed by atoms with van der Waals surface area (Å²) in [6.07, 6.45) is -1.71. The highest BCUT2D eigenvalue weighted by Crippen LogP contribution is 2.28. The minimum atomic E-state index is -0.618. The molecule has 0 bridgehead atoms. The Morgan fingerprint density at radius 3 is 2.21 bits per heavy atom. The lowest BCUT2D eigenvalue weighted by atomic mass is 9.96. The van der Waals surface area contributed by atoms with Crippen LogP contribution in [0.4, 0.5) is 0 Å². The summed E-state index contributed by atoms with van der Waals surface area (Å²) in [5.74, 6) is -0.163. The molecule has 142 valence electrons. The first-order valence-electron chi connectivity index (χ1n) is 8.83. The summed E-state index contributed by atoms with van der Waals surface area (Å²) in [7, 11) is 0. The molecule has 0 spiro atoms. The first-order valence-corrected chi connectivity index (χ1v) is 8.83. The van der Waals surface area contributed by atoms with Crippen molar-refractivity contribution in [3.05, 3.63) is 0 Å². The van der Waals surface area contributed by atoms with Gasteiger partial charge in [0.15, 0.2) is 6.29 Å². The molecule has 7 nitrogen and oxygen atoms in total. The Labute approximate surface area is 145 Å². The van der Waals surface area contributed by atoms with Gasteiger partial charge in [-0.15, -0.1) is 0 Å². The normalized spacial score (nSPS) is 30.5. The monoisotopic (exact) mass is 347 g/mol. The average molecular weight is 347 g/mol. The summed E-state index contributed by atoms with van der Waals surface area (Å²) >= 11 is 0. The van der Waals surface area contributed by atoms with Gasteiger partial charge >= 0.3 is 0 Å². The van der Waals surface area contributed by atoms with Gasteiger partial charge in [0.05, 0.1) is 12.7 Å². The third-order valence-corrected chi connectivity index (χ3v) is 3.63. The standard InChI is InChI=1S/C17H33NO6/c1-7-20-10-13-15(21-8-2)16(22-9-3)14(18-12(6)19)17(24-13)23-11(4)5/h11,13-17H,7-10H2,1-6H3,(H,18,19)/t13?,14-,15-,16?,17-/m0/s1. The molecule has 1 aliphatic heterocycles. The van der Waals surface area contributed by atoms with Crippen LogP contribution in [-0.4, -0.2) is 69.1 Å². The van der Waals surface area contributed by atoms with Crippen LogP contribution in [0.15, 0.2) is 0 Å². The van der Waals surface area contributed by atoms with Crippen molar-refractivity contribution in [2.45, 2.75) is 78.3 Å². The summed E-state index contributed by atoms with van der Waals surface area (Å²) in [5, 5.41) is 2.90. The van der Waals surface area contributed by atoms with Gasteiger partial charge in [-0.05, 0) is 34.6 Å². The first-order chi connectivity index (χ1) is 11.4. The molecular weight excluding hydrogens is 314 g/mol. The van der Waals surface area contributed by atoms with Gasteiger partial charge < -0.3 is 29.0 Å². The zero-order valence-electron chi connectivity index (χ0n) is 15.7. The summed E-state index contributed by atoms with van der Waals surface area (Å²) in [6, 6.07) is -0.445. The zero-order valence-corrected chi connectivity index (χ0v) is 15.7. The highest BCUT2D eigenvalue weighted by molar-refractivity contribution is 5.73. The van der Waals surface area contributed by atoms with E-state index in [0.29, 0.717) is 26.4 Å². The van der Waals surface area contributed by atoms with Crippen molar-refractivity contribution < 1.29 is 28.5 Å². The number of hydrogen-bond acceptors (Lipinski definition) is 6. The number of hydrogen-bond donors (Lipinski definition) is 1. The minimum Gasteiger partial charge on any atom is -0.379 e. The number of amides is 1. The van der Waals surface area contributed by atoms with Gasteiger partial charge in [-0.3, -0.25) is 4.79 Å². The second kappa shape index (κ2) is 11.0. The largest absolute Gasteiger partial charge is 0.379 e. The fraction of sp³-hybridized carbons (Fsp3) is 0.941. The van der Waals surface area contributed by atoms with Crippen molar-refractivity contribution in [3.63, 3.8) is 0 Å². The third-order valence-electron chi connectivity index (χ3n) is 3.63. The maximum absolute atomic E-state index is 11.7. The summed E-state index contributed by atoms with van der Waals surface area (Å²) < 4.78 is 29.3. The first kappa shape index (κ1) is 21.3. The van der Waals surface area contributed by atoms with Crippen molar-refractivity contribution in [2.75, 3.05) is 26.4 Å². The molecule has 1 saturated heterocycles. The van der Waals surface area contributed by atoms with Crippen LogP contribution in [-0.2, 0) is 28.5 Å². The molecule has 0 saturated carbocycles. The molecule has 1 fully saturated rings. The quantitative estimate of drug-likeness (QED) is 0.645. The van der Waals surface area contributed by atoms with E-state index in [4.69, 9.17) is 23.7 Å². The molecule has 0 aromatic carbocycles. The summed E-state index contributed by atoms with van der Waals surface area (Å²) in [6.45, 7) is 13.1. The van der Waals surface area contributed by atoms with Crippen LogP contribution >= 0.6 is 0 Å². The Hall–Kier alpha value is -0.730. The average Bonchev–Trinajstić information content (AvgIpc) is 2.50. The Bertz CT molecular complexity index is 365. The van der Waals surface area contributed by atoms with Gasteiger partial charge in [-0.2, -0.15) is 0 Å². The van der Waals surface area contributed by atoms with Crippen molar-refractivity contribution >= 4 is 5.91 Å². The van der Waals surface area contributed by atoms with Gasteiger partial charge in [-0.1, -0.05) is 0 Å². The molecule has 0 aromatic heterocycles. The van der Waals surface area contributed by atoms with Crippen molar-refractivity contribution in [3.8, 4) is 0 Å². The Kier molecular flexibility index (Phi) is 9.76. The molecule has 7 heteroatoms. The van der Waals surface area contributed by atoms with E-state index in [-0.39, 0.29) is 30.3 Å². The van der Waals surface area contributed by atoms with Crippen LogP contribution in [0.1, 0.15) is 41.5 Å². The summed E-state index contributed by atoms with van der Waals surface area (Å²) in [5.41, 5.74) is 0. The van der Waals surface area contributed by atoms with E-state index in [2.05, 4.69) is 5.32 Å². The SMILES string of the molecule is CCOCC1O[C@H](OC(C)C)[C@@H](NC(C)=O)C(OCC)[C@H]1OCC. The van der Waals surface area contributed by atoms with E-state index in [9.17, 15) is 4.79 Å². The number of nitrogens with one attached hydrogen (secondary N) is 1. The zero-order chi connectivity index (χ0) is 18.1. The highest BCUT2D eigenvalue weighted by atomic mass is 16.7.